The van der Waals surface area contributed by atoms with E-state index in [1.807, 2.05) is 0 Å². The number of rotatable bonds is 4. The molecule has 0 spiro atoms. The van der Waals surface area contributed by atoms with Gasteiger partial charge in [0.05, 0.1) is 31.2 Å². The summed E-state index contributed by atoms with van der Waals surface area (Å²) in [6, 6.07) is 2.59. The number of hydrogen-bond donors (Lipinski definition) is 0. The van der Waals surface area contributed by atoms with Crippen LogP contribution in [-0.4, -0.2) is 17.0 Å². The van der Waals surface area contributed by atoms with Crippen molar-refractivity contribution < 1.29 is 18.4 Å². The number of halogens is 2. The van der Waals surface area contributed by atoms with Gasteiger partial charge in [0.25, 0.3) is 0 Å². The summed E-state index contributed by atoms with van der Waals surface area (Å²) in [5.41, 5.74) is -0.923. The smallest absolute Gasteiger partial charge is 0.367 e. The predicted molar refractivity (Wildman–Crippen MR) is 51.7 cm³/mol. The Hall–Kier alpha value is -2.30. The van der Waals surface area contributed by atoms with Gasteiger partial charge in [-0.05, 0) is 9.91 Å². The van der Waals surface area contributed by atoms with Crippen molar-refractivity contribution in [2.24, 2.45) is 0 Å². The topological polar surface area (TPSA) is 89.1 Å². The fourth-order valence-electron chi connectivity index (χ4n) is 1.27. The third kappa shape index (κ3) is 2.63. The molecular formula is C9H7F2N3O3. The zero-order valence-electron chi connectivity index (χ0n) is 8.68. The van der Waals surface area contributed by atoms with Crippen molar-refractivity contribution in [3.8, 4) is 11.8 Å². The third-order valence-electron chi connectivity index (χ3n) is 1.97. The van der Waals surface area contributed by atoms with E-state index in [9.17, 15) is 18.9 Å². The molecule has 1 aromatic rings. The van der Waals surface area contributed by atoms with Gasteiger partial charge in [-0.1, -0.05) is 0 Å². The maximum Gasteiger partial charge on any atom is 0.367 e. The number of methoxy groups -OCH3 is 1. The van der Waals surface area contributed by atoms with Crippen LogP contribution in [-0.2, 0) is 6.42 Å². The van der Waals surface area contributed by atoms with Crippen LogP contribution in [0.25, 0.3) is 0 Å². The van der Waals surface area contributed by atoms with E-state index in [4.69, 9.17) is 10.00 Å². The second kappa shape index (κ2) is 5.16. The third-order valence-corrected chi connectivity index (χ3v) is 1.97. The predicted octanol–water partition coefficient (Wildman–Crippen LogP) is 2.00. The lowest BCUT2D eigenvalue weighted by atomic mass is 10.1. The van der Waals surface area contributed by atoms with E-state index in [2.05, 4.69) is 4.98 Å². The minimum absolute atomic E-state index is 0.129. The monoisotopic (exact) mass is 243 g/mol. The minimum atomic E-state index is -3.01. The first-order chi connectivity index (χ1) is 8.01. The molecule has 0 saturated carbocycles. The van der Waals surface area contributed by atoms with Gasteiger partial charge in [0.1, 0.15) is 5.75 Å². The van der Waals surface area contributed by atoms with Gasteiger partial charge >= 0.3 is 12.2 Å². The molecule has 0 radical (unpaired) electrons. The summed E-state index contributed by atoms with van der Waals surface area (Å²) < 4.78 is 30.1. The number of ether oxygens (including phenoxy) is 1. The largest absolute Gasteiger partial charge is 0.496 e. The van der Waals surface area contributed by atoms with Crippen LogP contribution in [0, 0.1) is 21.4 Å². The van der Waals surface area contributed by atoms with Crippen LogP contribution in [0.15, 0.2) is 6.07 Å². The molecule has 8 heteroatoms. The number of pyridine rings is 1. The first-order valence-corrected chi connectivity index (χ1v) is 4.38. The lowest BCUT2D eigenvalue weighted by Gasteiger charge is -2.07. The number of nitrogens with zero attached hydrogens (tertiary/aromatic N) is 3. The Kier molecular flexibility index (Phi) is 3.87. The SMILES string of the molecule is COc1cc([N+](=O)[O-])nc(C(F)F)c1CC#N. The van der Waals surface area contributed by atoms with Gasteiger partial charge in [-0.15, -0.1) is 0 Å². The maximum absolute atomic E-state index is 12.7. The first kappa shape index (κ1) is 12.8. The Morgan fingerprint density at radius 3 is 2.76 bits per heavy atom. The number of alkyl halides is 2. The van der Waals surface area contributed by atoms with Crippen molar-refractivity contribution in [2.45, 2.75) is 12.8 Å². The summed E-state index contributed by atoms with van der Waals surface area (Å²) in [4.78, 5) is 12.8. The van der Waals surface area contributed by atoms with Crippen molar-refractivity contribution in [3.63, 3.8) is 0 Å². The molecule has 1 rings (SSSR count). The van der Waals surface area contributed by atoms with Gasteiger partial charge in [-0.3, -0.25) is 0 Å². The molecule has 0 aliphatic carbocycles. The van der Waals surface area contributed by atoms with Crippen LogP contribution >= 0.6 is 0 Å². The van der Waals surface area contributed by atoms with E-state index >= 15 is 0 Å². The highest BCUT2D eigenvalue weighted by molar-refractivity contribution is 5.44. The van der Waals surface area contributed by atoms with Crippen LogP contribution in [0.4, 0.5) is 14.6 Å². The van der Waals surface area contributed by atoms with Crippen LogP contribution in [0.2, 0.25) is 0 Å². The van der Waals surface area contributed by atoms with Crippen LogP contribution in [0.1, 0.15) is 17.7 Å². The maximum atomic E-state index is 12.7. The lowest BCUT2D eigenvalue weighted by Crippen LogP contribution is -2.05. The van der Waals surface area contributed by atoms with Gasteiger partial charge in [-0.25, -0.2) is 8.78 Å². The van der Waals surface area contributed by atoms with Crippen molar-refractivity contribution in [1.82, 2.24) is 4.98 Å². The van der Waals surface area contributed by atoms with E-state index in [1.54, 1.807) is 6.07 Å². The highest BCUT2D eigenvalue weighted by atomic mass is 19.3. The molecule has 0 atom stereocenters. The molecular weight excluding hydrogens is 236 g/mol. The molecule has 0 aliphatic heterocycles. The molecule has 0 fully saturated rings. The summed E-state index contributed by atoms with van der Waals surface area (Å²) in [5, 5.41) is 19.0. The van der Waals surface area contributed by atoms with E-state index in [-0.39, 0.29) is 17.7 Å². The van der Waals surface area contributed by atoms with Crippen molar-refractivity contribution in [1.29, 1.82) is 5.26 Å². The molecule has 0 bridgehead atoms. The van der Waals surface area contributed by atoms with Crippen LogP contribution < -0.4 is 4.74 Å². The van der Waals surface area contributed by atoms with Crippen LogP contribution in [0.5, 0.6) is 5.75 Å². The fourth-order valence-corrected chi connectivity index (χ4v) is 1.27. The van der Waals surface area contributed by atoms with Crippen molar-refractivity contribution >= 4 is 5.82 Å². The van der Waals surface area contributed by atoms with Gasteiger partial charge < -0.3 is 14.9 Å². The Balaban J connectivity index is 3.46. The molecule has 0 unspecified atom stereocenters. The highest BCUT2D eigenvalue weighted by Gasteiger charge is 2.27. The number of aromatic nitrogens is 1. The zero-order valence-corrected chi connectivity index (χ0v) is 8.68. The van der Waals surface area contributed by atoms with Gasteiger partial charge in [0.15, 0.2) is 0 Å². The Labute approximate surface area is 94.6 Å². The second-order valence-electron chi connectivity index (χ2n) is 2.94. The Bertz CT molecular complexity index is 485. The molecule has 17 heavy (non-hydrogen) atoms. The minimum Gasteiger partial charge on any atom is -0.496 e. The molecule has 0 saturated heterocycles. The normalized spacial score (nSPS) is 10.1. The first-order valence-electron chi connectivity index (χ1n) is 4.38. The molecule has 0 N–H and O–H groups in total. The number of nitro groups is 1. The van der Waals surface area contributed by atoms with Crippen LogP contribution in [0.3, 0.4) is 0 Å². The number of hydrogen-bond acceptors (Lipinski definition) is 5. The quantitative estimate of drug-likeness (QED) is 0.596. The summed E-state index contributed by atoms with van der Waals surface area (Å²) in [6.45, 7) is 0. The average Bonchev–Trinajstić information content (AvgIpc) is 2.28. The van der Waals surface area contributed by atoms with Crippen molar-refractivity contribution in [2.75, 3.05) is 7.11 Å². The van der Waals surface area contributed by atoms with Gasteiger partial charge in [-0.2, -0.15) is 5.26 Å². The molecule has 6 nitrogen and oxygen atoms in total. The molecule has 1 aromatic heterocycles. The van der Waals surface area contributed by atoms with Crippen molar-refractivity contribution in [3.05, 3.63) is 27.4 Å². The summed E-state index contributed by atoms with van der Waals surface area (Å²) in [5.74, 6) is -0.873. The number of nitriles is 1. The Morgan fingerprint density at radius 2 is 2.35 bits per heavy atom. The second-order valence-corrected chi connectivity index (χ2v) is 2.94. The summed E-state index contributed by atoms with van der Waals surface area (Å²) >= 11 is 0. The fraction of sp³-hybridized carbons (Fsp3) is 0.333. The molecule has 1 heterocycles. The van der Waals surface area contributed by atoms with E-state index in [1.165, 1.54) is 7.11 Å². The van der Waals surface area contributed by atoms with E-state index < -0.39 is 22.9 Å². The Morgan fingerprint density at radius 1 is 1.71 bits per heavy atom. The molecule has 90 valence electrons. The van der Waals surface area contributed by atoms with E-state index in [0.717, 1.165) is 6.07 Å². The van der Waals surface area contributed by atoms with Gasteiger partial charge in [0.2, 0.25) is 5.69 Å². The summed E-state index contributed by atoms with van der Waals surface area (Å²) in [7, 11) is 1.18. The van der Waals surface area contributed by atoms with E-state index in [0.29, 0.717) is 0 Å². The summed E-state index contributed by atoms with van der Waals surface area (Å²) in [6.07, 6.45) is -3.36. The average molecular weight is 243 g/mol. The lowest BCUT2D eigenvalue weighted by molar-refractivity contribution is -0.389. The molecule has 0 aliphatic rings. The zero-order chi connectivity index (χ0) is 13.0. The molecule has 0 aromatic carbocycles. The standard InChI is InChI=1S/C9H7F2N3O3/c1-17-6-4-7(14(15)16)13-8(9(10)11)5(6)2-3-12/h4,9H,2H2,1H3. The van der Waals surface area contributed by atoms with Gasteiger partial charge in [0, 0.05) is 0 Å². The highest BCUT2D eigenvalue weighted by Crippen LogP contribution is 2.31. The molecule has 0 amide bonds.